The number of ketones is 1. The SMILES string of the molecule is CCC(=O)C(C)C(CC)CC. The molecule has 0 amide bonds. The first kappa shape index (κ1) is 10.7. The fraction of sp³-hybridized carbons (Fsp3) is 0.900. The first-order chi connectivity index (χ1) is 5.17. The summed E-state index contributed by atoms with van der Waals surface area (Å²) >= 11 is 0. The fourth-order valence-corrected chi connectivity index (χ4v) is 1.58. The number of hydrogen-bond acceptors (Lipinski definition) is 1. The summed E-state index contributed by atoms with van der Waals surface area (Å²) in [6.07, 6.45) is 2.95. The van der Waals surface area contributed by atoms with Gasteiger partial charge in [0.2, 0.25) is 0 Å². The third-order valence-corrected chi connectivity index (χ3v) is 2.61. The van der Waals surface area contributed by atoms with E-state index in [1.807, 2.05) is 6.92 Å². The second-order valence-corrected chi connectivity index (χ2v) is 3.19. The largest absolute Gasteiger partial charge is 0.299 e. The molecule has 1 atom stereocenters. The van der Waals surface area contributed by atoms with Crippen molar-refractivity contribution in [3.63, 3.8) is 0 Å². The molecule has 0 aromatic heterocycles. The van der Waals surface area contributed by atoms with Crippen molar-refractivity contribution >= 4 is 5.78 Å². The second-order valence-electron chi connectivity index (χ2n) is 3.19. The molecule has 0 bridgehead atoms. The third kappa shape index (κ3) is 3.04. The van der Waals surface area contributed by atoms with E-state index >= 15 is 0 Å². The van der Waals surface area contributed by atoms with Crippen LogP contribution >= 0.6 is 0 Å². The van der Waals surface area contributed by atoms with Crippen LogP contribution in [-0.4, -0.2) is 5.78 Å². The third-order valence-electron chi connectivity index (χ3n) is 2.61. The molecule has 0 heterocycles. The summed E-state index contributed by atoms with van der Waals surface area (Å²) in [7, 11) is 0. The Balaban J connectivity index is 3.97. The van der Waals surface area contributed by atoms with Crippen molar-refractivity contribution in [2.45, 2.75) is 47.0 Å². The van der Waals surface area contributed by atoms with Crippen LogP contribution in [0.25, 0.3) is 0 Å². The zero-order valence-electron chi connectivity index (χ0n) is 8.18. The van der Waals surface area contributed by atoms with Crippen LogP contribution in [0.15, 0.2) is 0 Å². The number of Topliss-reactive ketones (excluding diaryl/α,β-unsaturated/α-hetero) is 1. The van der Waals surface area contributed by atoms with Gasteiger partial charge in [-0.05, 0) is 5.92 Å². The molecule has 0 radical (unpaired) electrons. The predicted octanol–water partition coefficient (Wildman–Crippen LogP) is 3.04. The molecule has 0 rings (SSSR count). The topological polar surface area (TPSA) is 17.1 Å². The van der Waals surface area contributed by atoms with Gasteiger partial charge in [-0.2, -0.15) is 0 Å². The molecule has 1 heteroatoms. The van der Waals surface area contributed by atoms with Crippen molar-refractivity contribution < 1.29 is 4.79 Å². The lowest BCUT2D eigenvalue weighted by Crippen LogP contribution is -2.19. The molecule has 0 N–H and O–H groups in total. The van der Waals surface area contributed by atoms with Crippen molar-refractivity contribution in [1.29, 1.82) is 0 Å². The Hall–Kier alpha value is -0.330. The van der Waals surface area contributed by atoms with Gasteiger partial charge >= 0.3 is 0 Å². The second kappa shape index (κ2) is 5.34. The zero-order chi connectivity index (χ0) is 8.85. The number of carbonyl (C=O) groups is 1. The normalized spacial score (nSPS) is 13.5. The molecule has 1 unspecified atom stereocenters. The summed E-state index contributed by atoms with van der Waals surface area (Å²) in [6, 6.07) is 0. The number of rotatable bonds is 5. The average molecular weight is 156 g/mol. The highest BCUT2D eigenvalue weighted by molar-refractivity contribution is 5.80. The van der Waals surface area contributed by atoms with Gasteiger partial charge in [-0.25, -0.2) is 0 Å². The molecule has 0 aromatic rings. The van der Waals surface area contributed by atoms with Crippen molar-refractivity contribution in [3.8, 4) is 0 Å². The fourth-order valence-electron chi connectivity index (χ4n) is 1.58. The van der Waals surface area contributed by atoms with Gasteiger partial charge in [0.25, 0.3) is 0 Å². The van der Waals surface area contributed by atoms with Crippen LogP contribution in [0.3, 0.4) is 0 Å². The lowest BCUT2D eigenvalue weighted by atomic mass is 9.85. The average Bonchev–Trinajstić information content (AvgIpc) is 2.05. The van der Waals surface area contributed by atoms with E-state index < -0.39 is 0 Å². The Morgan fingerprint density at radius 1 is 1.18 bits per heavy atom. The highest BCUT2D eigenvalue weighted by Crippen LogP contribution is 2.20. The van der Waals surface area contributed by atoms with Gasteiger partial charge in [0.1, 0.15) is 5.78 Å². The van der Waals surface area contributed by atoms with Gasteiger partial charge in [-0.1, -0.05) is 40.5 Å². The molecule has 0 aliphatic heterocycles. The molecule has 0 fully saturated rings. The summed E-state index contributed by atoms with van der Waals surface area (Å²) < 4.78 is 0. The summed E-state index contributed by atoms with van der Waals surface area (Å²) in [4.78, 5) is 11.3. The molecule has 0 saturated carbocycles. The van der Waals surface area contributed by atoms with Gasteiger partial charge in [0.15, 0.2) is 0 Å². The minimum absolute atomic E-state index is 0.273. The minimum atomic E-state index is 0.273. The molecule has 0 aliphatic rings. The van der Waals surface area contributed by atoms with E-state index in [9.17, 15) is 4.79 Å². The molecule has 0 saturated heterocycles. The number of hydrogen-bond donors (Lipinski definition) is 0. The van der Waals surface area contributed by atoms with Crippen molar-refractivity contribution in [2.24, 2.45) is 11.8 Å². The first-order valence-corrected chi connectivity index (χ1v) is 4.69. The minimum Gasteiger partial charge on any atom is -0.299 e. The maximum Gasteiger partial charge on any atom is 0.135 e. The smallest absolute Gasteiger partial charge is 0.135 e. The summed E-state index contributed by atoms with van der Waals surface area (Å²) in [5.41, 5.74) is 0. The maximum atomic E-state index is 11.3. The molecule has 66 valence electrons. The lowest BCUT2D eigenvalue weighted by molar-refractivity contribution is -0.123. The molecular weight excluding hydrogens is 136 g/mol. The van der Waals surface area contributed by atoms with Crippen molar-refractivity contribution in [1.82, 2.24) is 0 Å². The Labute approximate surface area is 70.2 Å². The van der Waals surface area contributed by atoms with E-state index in [-0.39, 0.29) is 5.92 Å². The molecule has 0 aliphatic carbocycles. The van der Waals surface area contributed by atoms with Gasteiger partial charge in [-0.15, -0.1) is 0 Å². The first-order valence-electron chi connectivity index (χ1n) is 4.69. The van der Waals surface area contributed by atoms with Crippen LogP contribution < -0.4 is 0 Å². The van der Waals surface area contributed by atoms with Crippen LogP contribution in [0.4, 0.5) is 0 Å². The highest BCUT2D eigenvalue weighted by atomic mass is 16.1. The van der Waals surface area contributed by atoms with E-state index in [1.165, 1.54) is 0 Å². The van der Waals surface area contributed by atoms with Crippen LogP contribution in [0.5, 0.6) is 0 Å². The maximum absolute atomic E-state index is 11.3. The van der Waals surface area contributed by atoms with Crippen LogP contribution in [0.2, 0.25) is 0 Å². The summed E-state index contributed by atoms with van der Waals surface area (Å²) in [5, 5.41) is 0. The van der Waals surface area contributed by atoms with Crippen molar-refractivity contribution in [2.75, 3.05) is 0 Å². The molecule has 0 spiro atoms. The summed E-state index contributed by atoms with van der Waals surface area (Å²) in [5.74, 6) is 1.29. The lowest BCUT2D eigenvalue weighted by Gasteiger charge is -2.18. The van der Waals surface area contributed by atoms with Gasteiger partial charge in [0.05, 0.1) is 0 Å². The molecule has 1 nitrogen and oxygen atoms in total. The predicted molar refractivity (Wildman–Crippen MR) is 48.5 cm³/mol. The van der Waals surface area contributed by atoms with E-state index in [2.05, 4.69) is 20.8 Å². The molecular formula is C10H20O. The Morgan fingerprint density at radius 2 is 1.64 bits per heavy atom. The monoisotopic (exact) mass is 156 g/mol. The van der Waals surface area contributed by atoms with Gasteiger partial charge in [-0.3, -0.25) is 4.79 Å². The highest BCUT2D eigenvalue weighted by Gasteiger charge is 2.18. The Bertz CT molecular complexity index is 114. The Kier molecular flexibility index (Phi) is 5.18. The Morgan fingerprint density at radius 3 is 1.91 bits per heavy atom. The van der Waals surface area contributed by atoms with E-state index in [4.69, 9.17) is 0 Å². The van der Waals surface area contributed by atoms with E-state index in [1.54, 1.807) is 0 Å². The standard InChI is InChI=1S/C10H20O/c1-5-9(6-2)8(4)10(11)7-3/h8-9H,5-7H2,1-4H3. The van der Waals surface area contributed by atoms with Gasteiger partial charge < -0.3 is 0 Å². The quantitative estimate of drug-likeness (QED) is 0.598. The zero-order valence-corrected chi connectivity index (χ0v) is 8.18. The van der Waals surface area contributed by atoms with E-state index in [0.717, 1.165) is 12.8 Å². The summed E-state index contributed by atoms with van der Waals surface area (Å²) in [6.45, 7) is 8.33. The van der Waals surface area contributed by atoms with E-state index in [0.29, 0.717) is 18.1 Å². The van der Waals surface area contributed by atoms with Crippen molar-refractivity contribution in [3.05, 3.63) is 0 Å². The van der Waals surface area contributed by atoms with Crippen LogP contribution in [-0.2, 0) is 4.79 Å². The molecule has 11 heavy (non-hydrogen) atoms. The van der Waals surface area contributed by atoms with Gasteiger partial charge in [0, 0.05) is 12.3 Å². The van der Waals surface area contributed by atoms with Crippen LogP contribution in [0.1, 0.15) is 47.0 Å². The molecule has 0 aromatic carbocycles. The van der Waals surface area contributed by atoms with Crippen LogP contribution in [0, 0.1) is 11.8 Å². The number of carbonyl (C=O) groups excluding carboxylic acids is 1.